The number of para-hydroxylation sites is 2. The van der Waals surface area contributed by atoms with E-state index in [1.807, 2.05) is 49.4 Å². The van der Waals surface area contributed by atoms with E-state index in [0.29, 0.717) is 19.8 Å². The maximum atomic E-state index is 10.3. The van der Waals surface area contributed by atoms with E-state index in [9.17, 15) is 5.11 Å². The van der Waals surface area contributed by atoms with Gasteiger partial charge in [-0.15, -0.1) is 0 Å². The van der Waals surface area contributed by atoms with E-state index in [2.05, 4.69) is 31.8 Å². The molecule has 1 aliphatic heterocycles. The number of benzene rings is 2. The smallest absolute Gasteiger partial charge is 0.142 e. The first kappa shape index (κ1) is 20.0. The average molecular weight is 435 g/mol. The van der Waals surface area contributed by atoms with Gasteiger partial charge in [0.2, 0.25) is 0 Å². The molecule has 2 aromatic rings. The van der Waals surface area contributed by atoms with E-state index < -0.39 is 6.10 Å². The molecule has 0 aliphatic carbocycles. The molecule has 3 rings (SSSR count). The molecule has 27 heavy (non-hydrogen) atoms. The van der Waals surface area contributed by atoms with Gasteiger partial charge in [-0.05, 0) is 37.3 Å². The Labute approximate surface area is 169 Å². The van der Waals surface area contributed by atoms with Gasteiger partial charge in [0.15, 0.2) is 0 Å². The summed E-state index contributed by atoms with van der Waals surface area (Å²) in [5.74, 6) is 1.71. The Morgan fingerprint density at radius 1 is 1.04 bits per heavy atom. The minimum absolute atomic E-state index is 0.295. The van der Waals surface area contributed by atoms with Crippen molar-refractivity contribution in [2.45, 2.75) is 13.0 Å². The molecule has 0 aromatic heterocycles. The van der Waals surface area contributed by atoms with Gasteiger partial charge in [0.05, 0.1) is 12.3 Å². The summed E-state index contributed by atoms with van der Waals surface area (Å²) >= 11 is 3.42. The number of hydrogen-bond acceptors (Lipinski definition) is 5. The van der Waals surface area contributed by atoms with E-state index in [1.54, 1.807) is 0 Å². The van der Waals surface area contributed by atoms with E-state index in [0.717, 1.165) is 47.8 Å². The lowest BCUT2D eigenvalue weighted by Gasteiger charge is -2.37. The van der Waals surface area contributed by atoms with Crippen LogP contribution in [0.15, 0.2) is 53.0 Å². The summed E-state index contributed by atoms with van der Waals surface area (Å²) in [5, 5.41) is 10.3. The van der Waals surface area contributed by atoms with E-state index >= 15 is 0 Å². The van der Waals surface area contributed by atoms with Crippen LogP contribution in [0.25, 0.3) is 0 Å². The van der Waals surface area contributed by atoms with Crippen molar-refractivity contribution in [1.82, 2.24) is 4.90 Å². The third-order valence-electron chi connectivity index (χ3n) is 4.59. The van der Waals surface area contributed by atoms with Crippen LogP contribution in [0.1, 0.15) is 6.92 Å². The highest BCUT2D eigenvalue weighted by atomic mass is 79.9. The summed E-state index contributed by atoms with van der Waals surface area (Å²) in [7, 11) is 0. The number of halogens is 1. The fourth-order valence-electron chi connectivity index (χ4n) is 3.27. The lowest BCUT2D eigenvalue weighted by molar-refractivity contribution is 0.0662. The van der Waals surface area contributed by atoms with Gasteiger partial charge in [-0.1, -0.05) is 34.1 Å². The largest absolute Gasteiger partial charge is 0.492 e. The van der Waals surface area contributed by atoms with Crippen LogP contribution >= 0.6 is 15.9 Å². The molecule has 1 heterocycles. The standard InChI is InChI=1S/C21H27BrN2O3/c1-2-26-21-9-4-3-8-20(21)24-12-10-23(11-13-24)15-18(25)16-27-19-7-5-6-17(22)14-19/h3-9,14,18,25H,2,10-13,15-16H2,1H3/t18-/m0/s1. The maximum Gasteiger partial charge on any atom is 0.142 e. The van der Waals surface area contributed by atoms with Crippen molar-refractivity contribution in [2.24, 2.45) is 0 Å². The first-order valence-electron chi connectivity index (χ1n) is 9.41. The molecule has 146 valence electrons. The molecule has 0 saturated carbocycles. The quantitative estimate of drug-likeness (QED) is 0.689. The predicted molar refractivity (Wildman–Crippen MR) is 112 cm³/mol. The van der Waals surface area contributed by atoms with E-state index in [4.69, 9.17) is 9.47 Å². The normalized spacial score (nSPS) is 16.2. The molecule has 6 heteroatoms. The summed E-state index contributed by atoms with van der Waals surface area (Å²) in [6.45, 7) is 7.25. The summed E-state index contributed by atoms with van der Waals surface area (Å²) in [6, 6.07) is 15.9. The highest BCUT2D eigenvalue weighted by Gasteiger charge is 2.21. The van der Waals surface area contributed by atoms with Gasteiger partial charge < -0.3 is 19.5 Å². The van der Waals surface area contributed by atoms with Gasteiger partial charge in [-0.25, -0.2) is 0 Å². The van der Waals surface area contributed by atoms with Gasteiger partial charge in [0, 0.05) is 37.2 Å². The fourth-order valence-corrected chi connectivity index (χ4v) is 3.65. The van der Waals surface area contributed by atoms with Crippen LogP contribution in [0.3, 0.4) is 0 Å². The number of aliphatic hydroxyl groups is 1. The molecule has 1 saturated heterocycles. The van der Waals surface area contributed by atoms with Crippen LogP contribution in [-0.2, 0) is 0 Å². The first-order valence-corrected chi connectivity index (χ1v) is 10.2. The number of rotatable bonds is 8. The van der Waals surface area contributed by atoms with Crippen LogP contribution in [0.5, 0.6) is 11.5 Å². The van der Waals surface area contributed by atoms with Crippen molar-refractivity contribution in [3.8, 4) is 11.5 Å². The maximum absolute atomic E-state index is 10.3. The van der Waals surface area contributed by atoms with Gasteiger partial charge in [0.25, 0.3) is 0 Å². The van der Waals surface area contributed by atoms with E-state index in [1.165, 1.54) is 0 Å². The molecule has 1 fully saturated rings. The molecule has 1 N–H and O–H groups in total. The number of aliphatic hydroxyl groups excluding tert-OH is 1. The van der Waals surface area contributed by atoms with Crippen molar-refractivity contribution in [3.63, 3.8) is 0 Å². The molecule has 2 aromatic carbocycles. The summed E-state index contributed by atoms with van der Waals surface area (Å²) in [4.78, 5) is 4.64. The molecular weight excluding hydrogens is 408 g/mol. The Hall–Kier alpha value is -1.76. The molecule has 5 nitrogen and oxygen atoms in total. The average Bonchev–Trinajstić information content (AvgIpc) is 2.68. The van der Waals surface area contributed by atoms with Crippen molar-refractivity contribution < 1.29 is 14.6 Å². The number of ether oxygens (including phenoxy) is 2. The molecule has 0 amide bonds. The molecule has 0 unspecified atom stereocenters. The Morgan fingerprint density at radius 3 is 2.56 bits per heavy atom. The lowest BCUT2D eigenvalue weighted by Crippen LogP contribution is -2.49. The zero-order valence-electron chi connectivity index (χ0n) is 15.7. The first-order chi connectivity index (χ1) is 13.2. The zero-order chi connectivity index (χ0) is 19.1. The van der Waals surface area contributed by atoms with Gasteiger partial charge >= 0.3 is 0 Å². The lowest BCUT2D eigenvalue weighted by atomic mass is 10.2. The van der Waals surface area contributed by atoms with Gasteiger partial charge in [-0.3, -0.25) is 4.90 Å². The highest BCUT2D eigenvalue weighted by Crippen LogP contribution is 2.28. The van der Waals surface area contributed by atoms with Crippen molar-refractivity contribution >= 4 is 21.6 Å². The van der Waals surface area contributed by atoms with Crippen LogP contribution in [0.2, 0.25) is 0 Å². The Bertz CT molecular complexity index is 720. The SMILES string of the molecule is CCOc1ccccc1N1CCN(C[C@H](O)COc2cccc(Br)c2)CC1. The monoisotopic (exact) mass is 434 g/mol. The van der Waals surface area contributed by atoms with Crippen molar-refractivity contribution in [3.05, 3.63) is 53.0 Å². The Kier molecular flexibility index (Phi) is 7.38. The number of nitrogens with zero attached hydrogens (tertiary/aromatic N) is 2. The molecule has 1 aliphatic rings. The minimum Gasteiger partial charge on any atom is -0.492 e. The molecule has 0 radical (unpaired) electrons. The summed E-state index contributed by atoms with van der Waals surface area (Å²) in [5.41, 5.74) is 1.15. The van der Waals surface area contributed by atoms with Crippen LogP contribution in [0.4, 0.5) is 5.69 Å². The Balaban J connectivity index is 1.45. The highest BCUT2D eigenvalue weighted by molar-refractivity contribution is 9.10. The topological polar surface area (TPSA) is 45.2 Å². The number of anilines is 1. The number of β-amino-alcohol motifs (C(OH)–C–C–N with tert-alkyl or cyclic N) is 1. The third kappa shape index (κ3) is 5.86. The van der Waals surface area contributed by atoms with Crippen LogP contribution < -0.4 is 14.4 Å². The van der Waals surface area contributed by atoms with Gasteiger partial charge in [-0.2, -0.15) is 0 Å². The zero-order valence-corrected chi connectivity index (χ0v) is 17.3. The summed E-state index contributed by atoms with van der Waals surface area (Å²) < 4.78 is 12.4. The second-order valence-corrected chi connectivity index (χ2v) is 7.53. The van der Waals surface area contributed by atoms with E-state index in [-0.39, 0.29) is 0 Å². The van der Waals surface area contributed by atoms with Crippen molar-refractivity contribution in [1.29, 1.82) is 0 Å². The third-order valence-corrected chi connectivity index (χ3v) is 5.08. The number of hydrogen-bond donors (Lipinski definition) is 1. The molecule has 0 bridgehead atoms. The summed E-state index contributed by atoms with van der Waals surface area (Å²) in [6.07, 6.45) is -0.508. The predicted octanol–water partition coefficient (Wildman–Crippen LogP) is 3.41. The van der Waals surface area contributed by atoms with Crippen molar-refractivity contribution in [2.75, 3.05) is 50.8 Å². The van der Waals surface area contributed by atoms with Gasteiger partial charge in [0.1, 0.15) is 24.2 Å². The minimum atomic E-state index is -0.508. The van der Waals surface area contributed by atoms with Crippen LogP contribution in [-0.4, -0.2) is 62.0 Å². The second kappa shape index (κ2) is 9.97. The second-order valence-electron chi connectivity index (χ2n) is 6.61. The fraction of sp³-hybridized carbons (Fsp3) is 0.429. The molecule has 0 spiro atoms. The number of piperazine rings is 1. The molecule has 1 atom stereocenters. The van der Waals surface area contributed by atoms with Crippen LogP contribution in [0, 0.1) is 0 Å². The Morgan fingerprint density at radius 2 is 1.81 bits per heavy atom. The molecular formula is C21H27BrN2O3.